The van der Waals surface area contributed by atoms with E-state index in [2.05, 4.69) is 5.32 Å². The highest BCUT2D eigenvalue weighted by molar-refractivity contribution is 6.32. The summed E-state index contributed by atoms with van der Waals surface area (Å²) in [5.41, 5.74) is 0.915. The van der Waals surface area contributed by atoms with Crippen molar-refractivity contribution in [3.8, 4) is 5.75 Å². The highest BCUT2D eigenvalue weighted by Crippen LogP contribution is 2.25. The number of hydrogen-bond donors (Lipinski definition) is 1. The van der Waals surface area contributed by atoms with Crippen LogP contribution >= 0.6 is 11.6 Å². The second kappa shape index (κ2) is 9.25. The van der Waals surface area contributed by atoms with Crippen LogP contribution in [0.3, 0.4) is 0 Å². The maximum absolute atomic E-state index is 12.6. The minimum atomic E-state index is -0.772. The molecule has 1 N–H and O–H groups in total. The third-order valence-corrected chi connectivity index (χ3v) is 4.29. The molecule has 5 nitrogen and oxygen atoms in total. The van der Waals surface area contributed by atoms with E-state index in [0.717, 1.165) is 0 Å². The fourth-order valence-electron chi connectivity index (χ4n) is 2.48. The Morgan fingerprint density at radius 3 is 2.35 bits per heavy atom. The first kappa shape index (κ1) is 19.8. The molecule has 138 valence electrons. The summed E-state index contributed by atoms with van der Waals surface area (Å²) in [5.74, 6) is -0.0420. The van der Waals surface area contributed by atoms with Crippen molar-refractivity contribution in [3.05, 3.63) is 59.1 Å². The summed E-state index contributed by atoms with van der Waals surface area (Å²) in [7, 11) is 0. The van der Waals surface area contributed by atoms with Gasteiger partial charge in [0.05, 0.1) is 16.3 Å². The summed E-state index contributed by atoms with van der Waals surface area (Å²) < 4.78 is 5.63. The van der Waals surface area contributed by atoms with Crippen LogP contribution in [0.1, 0.15) is 31.1 Å². The van der Waals surface area contributed by atoms with Crippen LogP contribution in [0.25, 0.3) is 0 Å². The molecular weight excluding hydrogens is 352 g/mol. The number of hydrogen-bond acceptors (Lipinski definition) is 3. The van der Waals surface area contributed by atoms with Gasteiger partial charge in [0, 0.05) is 13.1 Å². The van der Waals surface area contributed by atoms with Crippen molar-refractivity contribution in [3.63, 3.8) is 0 Å². The van der Waals surface area contributed by atoms with Gasteiger partial charge in [-0.25, -0.2) is 0 Å². The minimum absolute atomic E-state index is 0.120. The predicted octanol–water partition coefficient (Wildman–Crippen LogP) is 4.23. The zero-order valence-corrected chi connectivity index (χ0v) is 15.9. The van der Waals surface area contributed by atoms with Crippen LogP contribution in [0.2, 0.25) is 5.02 Å². The molecule has 2 amide bonds. The molecule has 1 atom stereocenters. The maximum Gasteiger partial charge on any atom is 0.265 e. The molecule has 2 aromatic carbocycles. The van der Waals surface area contributed by atoms with Crippen LogP contribution in [0.4, 0.5) is 5.69 Å². The lowest BCUT2D eigenvalue weighted by Crippen LogP contribution is -2.33. The van der Waals surface area contributed by atoms with Gasteiger partial charge in [-0.15, -0.1) is 0 Å². The van der Waals surface area contributed by atoms with Gasteiger partial charge in [0.1, 0.15) is 5.75 Å². The molecule has 0 bridgehead atoms. The van der Waals surface area contributed by atoms with Gasteiger partial charge < -0.3 is 15.0 Å². The molecule has 0 aliphatic carbocycles. The lowest BCUT2D eigenvalue weighted by Gasteiger charge is -2.21. The van der Waals surface area contributed by atoms with E-state index in [-0.39, 0.29) is 11.8 Å². The zero-order chi connectivity index (χ0) is 19.1. The third kappa shape index (κ3) is 4.76. The highest BCUT2D eigenvalue weighted by Gasteiger charge is 2.21. The van der Waals surface area contributed by atoms with Crippen molar-refractivity contribution in [2.24, 2.45) is 0 Å². The Bertz CT molecular complexity index is 775. The number of para-hydroxylation sites is 2. The fraction of sp³-hybridized carbons (Fsp3) is 0.300. The molecule has 6 heteroatoms. The Kier molecular flexibility index (Phi) is 7.04. The van der Waals surface area contributed by atoms with Crippen LogP contribution in [-0.2, 0) is 4.79 Å². The van der Waals surface area contributed by atoms with Crippen LogP contribution in [0.5, 0.6) is 5.75 Å². The Labute approximate surface area is 158 Å². The van der Waals surface area contributed by atoms with E-state index in [4.69, 9.17) is 16.3 Å². The molecular formula is C20H23ClN2O3. The third-order valence-electron chi connectivity index (χ3n) is 3.98. The fourth-order valence-corrected chi connectivity index (χ4v) is 2.66. The molecule has 0 radical (unpaired) electrons. The van der Waals surface area contributed by atoms with E-state index in [9.17, 15) is 9.59 Å². The Morgan fingerprint density at radius 2 is 1.69 bits per heavy atom. The molecule has 2 rings (SSSR count). The molecule has 0 unspecified atom stereocenters. The van der Waals surface area contributed by atoms with E-state index in [0.29, 0.717) is 35.1 Å². The number of carbonyl (C=O) groups excluding carboxylic acids is 2. The molecule has 0 spiro atoms. The first-order chi connectivity index (χ1) is 12.5. The number of rotatable bonds is 7. The molecule has 0 aliphatic heterocycles. The number of amides is 2. The molecule has 0 heterocycles. The van der Waals surface area contributed by atoms with Gasteiger partial charge >= 0.3 is 0 Å². The summed E-state index contributed by atoms with van der Waals surface area (Å²) in [6, 6.07) is 13.9. The number of nitrogens with one attached hydrogen (secondary N) is 1. The second-order valence-corrected chi connectivity index (χ2v) is 6.11. The van der Waals surface area contributed by atoms with E-state index in [1.54, 1.807) is 60.4 Å². The summed E-state index contributed by atoms with van der Waals surface area (Å²) in [6.45, 7) is 6.67. The average molecular weight is 375 g/mol. The van der Waals surface area contributed by atoms with E-state index < -0.39 is 6.10 Å². The number of nitrogens with zero attached hydrogens (tertiary/aromatic N) is 1. The number of benzene rings is 2. The number of ether oxygens (including phenoxy) is 1. The maximum atomic E-state index is 12.6. The molecule has 0 aromatic heterocycles. The van der Waals surface area contributed by atoms with Gasteiger partial charge in [0.25, 0.3) is 11.8 Å². The van der Waals surface area contributed by atoms with E-state index in [1.807, 2.05) is 13.8 Å². The first-order valence-corrected chi connectivity index (χ1v) is 8.96. The quantitative estimate of drug-likeness (QED) is 0.789. The van der Waals surface area contributed by atoms with Gasteiger partial charge in [-0.2, -0.15) is 0 Å². The molecule has 0 aliphatic rings. The summed E-state index contributed by atoms with van der Waals surface area (Å²) >= 11 is 6.06. The number of halogens is 1. The van der Waals surface area contributed by atoms with Crippen molar-refractivity contribution < 1.29 is 14.3 Å². The largest absolute Gasteiger partial charge is 0.479 e. The van der Waals surface area contributed by atoms with Crippen molar-refractivity contribution in [1.29, 1.82) is 0 Å². The molecule has 0 saturated heterocycles. The molecule has 0 fully saturated rings. The predicted molar refractivity (Wildman–Crippen MR) is 104 cm³/mol. The van der Waals surface area contributed by atoms with Crippen molar-refractivity contribution >= 4 is 29.1 Å². The van der Waals surface area contributed by atoms with Crippen LogP contribution < -0.4 is 10.1 Å². The average Bonchev–Trinajstić information content (AvgIpc) is 2.64. The number of carbonyl (C=O) groups is 2. The van der Waals surface area contributed by atoms with Crippen LogP contribution in [0, 0.1) is 0 Å². The molecule has 26 heavy (non-hydrogen) atoms. The standard InChI is InChI=1S/C20H23ClN2O3/c1-4-23(5-2)20(25)15-10-6-8-12-17(15)22-19(24)14(3)26-18-13-9-7-11-16(18)21/h6-14H,4-5H2,1-3H3,(H,22,24)/t14-/m1/s1. The Morgan fingerprint density at radius 1 is 1.08 bits per heavy atom. The summed E-state index contributed by atoms with van der Waals surface area (Å²) in [4.78, 5) is 26.9. The van der Waals surface area contributed by atoms with Gasteiger partial charge in [0.2, 0.25) is 0 Å². The first-order valence-electron chi connectivity index (χ1n) is 8.58. The summed E-state index contributed by atoms with van der Waals surface area (Å²) in [5, 5.41) is 3.21. The lowest BCUT2D eigenvalue weighted by molar-refractivity contribution is -0.122. The topological polar surface area (TPSA) is 58.6 Å². The lowest BCUT2D eigenvalue weighted by atomic mass is 10.1. The summed E-state index contributed by atoms with van der Waals surface area (Å²) in [6.07, 6.45) is -0.772. The SMILES string of the molecule is CCN(CC)C(=O)c1ccccc1NC(=O)[C@@H](C)Oc1ccccc1Cl. The van der Waals surface area contributed by atoms with Crippen LogP contribution in [0.15, 0.2) is 48.5 Å². The zero-order valence-electron chi connectivity index (χ0n) is 15.2. The molecule has 2 aromatic rings. The van der Waals surface area contributed by atoms with E-state index >= 15 is 0 Å². The van der Waals surface area contributed by atoms with Gasteiger partial charge in [-0.05, 0) is 45.0 Å². The van der Waals surface area contributed by atoms with Gasteiger partial charge in [0.15, 0.2) is 6.10 Å². The van der Waals surface area contributed by atoms with E-state index in [1.165, 1.54) is 0 Å². The molecule has 0 saturated carbocycles. The van der Waals surface area contributed by atoms with Gasteiger partial charge in [-0.3, -0.25) is 9.59 Å². The normalized spacial score (nSPS) is 11.5. The Hall–Kier alpha value is -2.53. The van der Waals surface area contributed by atoms with Crippen molar-refractivity contribution in [2.75, 3.05) is 18.4 Å². The van der Waals surface area contributed by atoms with Crippen LogP contribution in [-0.4, -0.2) is 35.9 Å². The Balaban J connectivity index is 2.14. The minimum Gasteiger partial charge on any atom is -0.479 e. The second-order valence-electron chi connectivity index (χ2n) is 5.70. The number of anilines is 1. The van der Waals surface area contributed by atoms with Gasteiger partial charge in [-0.1, -0.05) is 35.9 Å². The van der Waals surface area contributed by atoms with Crippen molar-refractivity contribution in [2.45, 2.75) is 26.9 Å². The van der Waals surface area contributed by atoms with Crippen molar-refractivity contribution in [1.82, 2.24) is 4.90 Å². The monoisotopic (exact) mass is 374 g/mol. The highest BCUT2D eigenvalue weighted by atomic mass is 35.5. The smallest absolute Gasteiger partial charge is 0.265 e.